The van der Waals surface area contributed by atoms with E-state index in [9.17, 15) is 9.59 Å². The Morgan fingerprint density at radius 2 is 1.73 bits per heavy atom. The predicted molar refractivity (Wildman–Crippen MR) is 102 cm³/mol. The molecule has 26 heavy (non-hydrogen) atoms. The molecule has 1 fully saturated rings. The number of benzene rings is 3. The summed E-state index contributed by atoms with van der Waals surface area (Å²) in [6, 6.07) is 20.9. The number of hydrogen-bond donors (Lipinski definition) is 0. The second kappa shape index (κ2) is 7.00. The molecule has 4 heteroatoms. The molecule has 3 aromatic rings. The lowest BCUT2D eigenvalue weighted by molar-refractivity contribution is -0.117. The van der Waals surface area contributed by atoms with Crippen LogP contribution in [0.5, 0.6) is 5.75 Å². The van der Waals surface area contributed by atoms with E-state index >= 15 is 0 Å². The van der Waals surface area contributed by atoms with Crippen molar-refractivity contribution in [1.82, 2.24) is 0 Å². The van der Waals surface area contributed by atoms with E-state index in [4.69, 9.17) is 4.74 Å². The van der Waals surface area contributed by atoms with Crippen LogP contribution in [0.25, 0.3) is 10.8 Å². The molecule has 1 heterocycles. The normalized spacial score (nSPS) is 14.0. The van der Waals surface area contributed by atoms with Gasteiger partial charge in [-0.25, -0.2) is 0 Å². The molecule has 0 aliphatic carbocycles. The average molecular weight is 345 g/mol. The number of hydrogen-bond acceptors (Lipinski definition) is 3. The molecule has 0 unspecified atom stereocenters. The number of ether oxygens (including phenoxy) is 1. The van der Waals surface area contributed by atoms with Crippen molar-refractivity contribution in [1.29, 1.82) is 0 Å². The van der Waals surface area contributed by atoms with Gasteiger partial charge in [-0.05, 0) is 42.1 Å². The largest absolute Gasteiger partial charge is 0.485 e. The first kappa shape index (κ1) is 16.3. The molecule has 0 bridgehead atoms. The van der Waals surface area contributed by atoms with Gasteiger partial charge in [0, 0.05) is 29.6 Å². The number of carbonyl (C=O) groups excluding carboxylic acids is 2. The van der Waals surface area contributed by atoms with Gasteiger partial charge in [0.05, 0.1) is 0 Å². The van der Waals surface area contributed by atoms with Gasteiger partial charge in [-0.15, -0.1) is 0 Å². The van der Waals surface area contributed by atoms with Crippen LogP contribution < -0.4 is 9.64 Å². The van der Waals surface area contributed by atoms with Crippen LogP contribution in [0.1, 0.15) is 23.2 Å². The lowest BCUT2D eigenvalue weighted by Gasteiger charge is -2.15. The second-order valence-corrected chi connectivity index (χ2v) is 6.38. The van der Waals surface area contributed by atoms with Crippen LogP contribution in [0.2, 0.25) is 0 Å². The lowest BCUT2D eigenvalue weighted by Crippen LogP contribution is -2.23. The van der Waals surface area contributed by atoms with E-state index in [1.165, 1.54) is 0 Å². The summed E-state index contributed by atoms with van der Waals surface area (Å²) in [5, 5.41) is 2.07. The third-order valence-corrected chi connectivity index (χ3v) is 4.68. The highest BCUT2D eigenvalue weighted by Crippen LogP contribution is 2.25. The van der Waals surface area contributed by atoms with E-state index in [-0.39, 0.29) is 18.3 Å². The minimum atomic E-state index is -0.0859. The van der Waals surface area contributed by atoms with E-state index in [1.54, 1.807) is 17.0 Å². The highest BCUT2D eigenvalue weighted by Gasteiger charge is 2.21. The molecule has 1 aliphatic heterocycles. The fourth-order valence-electron chi connectivity index (χ4n) is 3.30. The topological polar surface area (TPSA) is 46.6 Å². The number of nitrogens with zero attached hydrogens (tertiary/aromatic N) is 1. The molecular weight excluding hydrogens is 326 g/mol. The van der Waals surface area contributed by atoms with Crippen molar-refractivity contribution < 1.29 is 14.3 Å². The van der Waals surface area contributed by atoms with Crippen molar-refractivity contribution in [3.05, 3.63) is 72.3 Å². The highest BCUT2D eigenvalue weighted by atomic mass is 16.5. The summed E-state index contributed by atoms with van der Waals surface area (Å²) in [6.45, 7) is 0.728. The molecule has 0 atom stereocenters. The first-order chi connectivity index (χ1) is 12.7. The van der Waals surface area contributed by atoms with Gasteiger partial charge in [0.1, 0.15) is 5.75 Å². The van der Waals surface area contributed by atoms with Gasteiger partial charge in [0.2, 0.25) is 5.91 Å². The SMILES string of the molecule is O=C(COc1cccc2ccccc12)c1ccc(N2CCCC2=O)cc1. The number of amides is 1. The van der Waals surface area contributed by atoms with Crippen molar-refractivity contribution in [3.8, 4) is 5.75 Å². The average Bonchev–Trinajstić information content (AvgIpc) is 3.12. The summed E-state index contributed by atoms with van der Waals surface area (Å²) in [5.41, 5.74) is 1.43. The Balaban J connectivity index is 1.45. The van der Waals surface area contributed by atoms with E-state index in [1.807, 2.05) is 54.6 Å². The van der Waals surface area contributed by atoms with Crippen molar-refractivity contribution in [3.63, 3.8) is 0 Å². The highest BCUT2D eigenvalue weighted by molar-refractivity contribution is 5.99. The Bertz CT molecular complexity index is 957. The molecule has 1 aliphatic rings. The predicted octanol–water partition coefficient (Wildman–Crippen LogP) is 4.23. The second-order valence-electron chi connectivity index (χ2n) is 6.38. The third kappa shape index (κ3) is 3.18. The molecule has 4 rings (SSSR count). The zero-order chi connectivity index (χ0) is 17.9. The molecule has 0 saturated carbocycles. The fraction of sp³-hybridized carbons (Fsp3) is 0.182. The van der Waals surface area contributed by atoms with Gasteiger partial charge >= 0.3 is 0 Å². The van der Waals surface area contributed by atoms with Gasteiger partial charge in [-0.3, -0.25) is 9.59 Å². The first-order valence-electron chi connectivity index (χ1n) is 8.76. The molecule has 1 amide bonds. The summed E-state index contributed by atoms with van der Waals surface area (Å²) in [6.07, 6.45) is 1.48. The van der Waals surface area contributed by atoms with Crippen molar-refractivity contribution in [2.24, 2.45) is 0 Å². The van der Waals surface area contributed by atoms with E-state index in [0.29, 0.717) is 17.7 Å². The van der Waals surface area contributed by atoms with Gasteiger partial charge in [0.15, 0.2) is 12.4 Å². The van der Waals surface area contributed by atoms with Crippen LogP contribution in [0, 0.1) is 0 Å². The number of anilines is 1. The lowest BCUT2D eigenvalue weighted by atomic mass is 10.1. The molecule has 1 saturated heterocycles. The zero-order valence-electron chi connectivity index (χ0n) is 14.4. The Hall–Kier alpha value is -3.14. The Kier molecular flexibility index (Phi) is 4.40. The summed E-state index contributed by atoms with van der Waals surface area (Å²) in [4.78, 5) is 26.0. The number of Topliss-reactive ketones (excluding diaryl/α,β-unsaturated/α-hetero) is 1. The molecule has 0 N–H and O–H groups in total. The van der Waals surface area contributed by atoms with E-state index < -0.39 is 0 Å². The van der Waals surface area contributed by atoms with E-state index in [2.05, 4.69) is 0 Å². The maximum atomic E-state index is 12.4. The minimum absolute atomic E-state index is 0.0179. The van der Waals surface area contributed by atoms with Crippen LogP contribution in [-0.4, -0.2) is 24.8 Å². The zero-order valence-corrected chi connectivity index (χ0v) is 14.4. The maximum absolute atomic E-state index is 12.4. The Labute approximate surface area is 152 Å². The van der Waals surface area contributed by atoms with Gasteiger partial charge in [-0.1, -0.05) is 36.4 Å². The van der Waals surface area contributed by atoms with Crippen LogP contribution in [0.4, 0.5) is 5.69 Å². The molecule has 3 aromatic carbocycles. The van der Waals surface area contributed by atoms with Crippen LogP contribution in [0.3, 0.4) is 0 Å². The molecule has 0 spiro atoms. The first-order valence-corrected chi connectivity index (χ1v) is 8.76. The van der Waals surface area contributed by atoms with Crippen LogP contribution >= 0.6 is 0 Å². The van der Waals surface area contributed by atoms with Crippen LogP contribution in [-0.2, 0) is 4.79 Å². The number of rotatable bonds is 5. The third-order valence-electron chi connectivity index (χ3n) is 4.68. The van der Waals surface area contributed by atoms with Crippen LogP contribution in [0.15, 0.2) is 66.7 Å². The van der Waals surface area contributed by atoms with Gasteiger partial charge in [-0.2, -0.15) is 0 Å². The summed E-state index contributed by atoms with van der Waals surface area (Å²) < 4.78 is 5.77. The fourth-order valence-corrected chi connectivity index (χ4v) is 3.30. The summed E-state index contributed by atoms with van der Waals surface area (Å²) in [5.74, 6) is 0.760. The minimum Gasteiger partial charge on any atom is -0.485 e. The number of carbonyl (C=O) groups is 2. The van der Waals surface area contributed by atoms with Crippen molar-refractivity contribution in [2.75, 3.05) is 18.1 Å². The van der Waals surface area contributed by atoms with E-state index in [0.717, 1.165) is 29.4 Å². The molecule has 130 valence electrons. The molecule has 4 nitrogen and oxygen atoms in total. The van der Waals surface area contributed by atoms with Gasteiger partial charge in [0.25, 0.3) is 0 Å². The maximum Gasteiger partial charge on any atom is 0.227 e. The Morgan fingerprint density at radius 1 is 0.962 bits per heavy atom. The Morgan fingerprint density at radius 3 is 2.50 bits per heavy atom. The van der Waals surface area contributed by atoms with Crippen molar-refractivity contribution in [2.45, 2.75) is 12.8 Å². The smallest absolute Gasteiger partial charge is 0.227 e. The standard InChI is InChI=1S/C22H19NO3/c24-20(15-26-21-8-3-6-16-5-1-2-7-19(16)21)17-10-12-18(13-11-17)23-14-4-9-22(23)25/h1-3,5-8,10-13H,4,9,14-15H2. The van der Waals surface area contributed by atoms with Gasteiger partial charge < -0.3 is 9.64 Å². The number of ketones is 1. The number of fused-ring (bicyclic) bond motifs is 1. The molecule has 0 radical (unpaired) electrons. The molecular formula is C22H19NO3. The monoisotopic (exact) mass is 345 g/mol. The molecule has 0 aromatic heterocycles. The quantitative estimate of drug-likeness (QED) is 0.650. The van der Waals surface area contributed by atoms with Crippen molar-refractivity contribution >= 4 is 28.2 Å². The summed E-state index contributed by atoms with van der Waals surface area (Å²) >= 11 is 0. The summed E-state index contributed by atoms with van der Waals surface area (Å²) in [7, 11) is 0.